The zero-order valence-corrected chi connectivity index (χ0v) is 12.9. The second-order valence-electron chi connectivity index (χ2n) is 6.23. The van der Waals surface area contributed by atoms with Crippen molar-refractivity contribution in [3.63, 3.8) is 0 Å². The summed E-state index contributed by atoms with van der Waals surface area (Å²) in [5.74, 6) is 1.13. The Morgan fingerprint density at radius 1 is 1.35 bits per heavy atom. The fourth-order valence-corrected chi connectivity index (χ4v) is 3.79. The standard InChI is InChI=1S/C17H18N2O4/c1-22-13-6-3-11(4-7-13)15-14(17(20)21)16(18-23-15)19-9-10-2-5-12(19)8-10/h3-4,6-7,10,12H,2,5,8-9H2,1H3,(H,20,21)/t10-,12-/m0/s1. The fourth-order valence-electron chi connectivity index (χ4n) is 3.79. The summed E-state index contributed by atoms with van der Waals surface area (Å²) >= 11 is 0. The fraction of sp³-hybridized carbons (Fsp3) is 0.412. The van der Waals surface area contributed by atoms with Crippen molar-refractivity contribution < 1.29 is 19.2 Å². The molecule has 6 nitrogen and oxygen atoms in total. The van der Waals surface area contributed by atoms with Gasteiger partial charge in [0.05, 0.1) is 7.11 Å². The van der Waals surface area contributed by atoms with Crippen molar-refractivity contribution in [1.29, 1.82) is 0 Å². The predicted molar refractivity (Wildman–Crippen MR) is 83.9 cm³/mol. The molecule has 1 aromatic carbocycles. The van der Waals surface area contributed by atoms with Gasteiger partial charge in [0.1, 0.15) is 5.75 Å². The van der Waals surface area contributed by atoms with Gasteiger partial charge < -0.3 is 19.3 Å². The van der Waals surface area contributed by atoms with Crippen LogP contribution >= 0.6 is 0 Å². The lowest BCUT2D eigenvalue weighted by Crippen LogP contribution is -2.33. The molecule has 120 valence electrons. The summed E-state index contributed by atoms with van der Waals surface area (Å²) < 4.78 is 10.6. The average molecular weight is 314 g/mol. The van der Waals surface area contributed by atoms with Crippen molar-refractivity contribution in [2.45, 2.75) is 25.3 Å². The number of benzene rings is 1. The Labute approximate surface area is 133 Å². The van der Waals surface area contributed by atoms with Crippen LogP contribution in [0.25, 0.3) is 11.3 Å². The molecule has 1 N–H and O–H groups in total. The van der Waals surface area contributed by atoms with Gasteiger partial charge in [0.2, 0.25) is 0 Å². The topological polar surface area (TPSA) is 75.8 Å². The van der Waals surface area contributed by atoms with E-state index in [-0.39, 0.29) is 5.56 Å². The highest BCUT2D eigenvalue weighted by atomic mass is 16.5. The maximum Gasteiger partial charge on any atom is 0.343 e. The number of ether oxygens (including phenoxy) is 1. The smallest absolute Gasteiger partial charge is 0.343 e. The van der Waals surface area contributed by atoms with Gasteiger partial charge in [-0.05, 0) is 49.4 Å². The highest BCUT2D eigenvalue weighted by Gasteiger charge is 2.41. The van der Waals surface area contributed by atoms with Crippen molar-refractivity contribution in [2.75, 3.05) is 18.6 Å². The molecule has 0 radical (unpaired) electrons. The lowest BCUT2D eigenvalue weighted by atomic mass is 10.1. The molecule has 0 unspecified atom stereocenters. The second-order valence-corrected chi connectivity index (χ2v) is 6.23. The van der Waals surface area contributed by atoms with Crippen LogP contribution in [-0.4, -0.2) is 35.9 Å². The Kier molecular flexibility index (Phi) is 3.25. The van der Waals surface area contributed by atoms with E-state index in [0.29, 0.717) is 34.9 Å². The zero-order valence-electron chi connectivity index (χ0n) is 12.9. The summed E-state index contributed by atoms with van der Waals surface area (Å²) in [5.41, 5.74) is 0.842. The molecule has 2 heterocycles. The molecule has 1 aromatic heterocycles. The van der Waals surface area contributed by atoms with Crippen LogP contribution in [0.3, 0.4) is 0 Å². The largest absolute Gasteiger partial charge is 0.497 e. The van der Waals surface area contributed by atoms with Gasteiger partial charge in [-0.1, -0.05) is 5.16 Å². The van der Waals surface area contributed by atoms with Crippen molar-refractivity contribution in [2.24, 2.45) is 5.92 Å². The second kappa shape index (κ2) is 5.30. The van der Waals surface area contributed by atoms with Crippen LogP contribution in [0.4, 0.5) is 5.82 Å². The number of carbonyl (C=O) groups is 1. The molecular formula is C17H18N2O4. The van der Waals surface area contributed by atoms with Crippen molar-refractivity contribution in [3.8, 4) is 17.1 Å². The third-order valence-corrected chi connectivity index (χ3v) is 4.92. The molecular weight excluding hydrogens is 296 g/mol. The first-order valence-corrected chi connectivity index (χ1v) is 7.81. The maximum absolute atomic E-state index is 11.8. The van der Waals surface area contributed by atoms with E-state index in [1.165, 1.54) is 6.42 Å². The summed E-state index contributed by atoms with van der Waals surface area (Å²) in [5, 5.41) is 13.8. The number of aromatic carboxylic acids is 1. The molecule has 1 saturated carbocycles. The first kappa shape index (κ1) is 14.1. The molecule has 23 heavy (non-hydrogen) atoms. The molecule has 0 amide bonds. The number of nitrogens with zero attached hydrogens (tertiary/aromatic N) is 2. The van der Waals surface area contributed by atoms with Crippen LogP contribution in [0.1, 0.15) is 29.6 Å². The molecule has 6 heteroatoms. The first-order valence-electron chi connectivity index (χ1n) is 7.81. The Morgan fingerprint density at radius 3 is 2.70 bits per heavy atom. The van der Waals surface area contributed by atoms with Gasteiger partial charge >= 0.3 is 5.97 Å². The third-order valence-electron chi connectivity index (χ3n) is 4.92. The number of methoxy groups -OCH3 is 1. The number of carboxylic acid groups (broad SMARTS) is 1. The van der Waals surface area contributed by atoms with Gasteiger partial charge in [-0.2, -0.15) is 0 Å². The molecule has 2 aromatic rings. The van der Waals surface area contributed by atoms with Crippen molar-refractivity contribution in [3.05, 3.63) is 29.8 Å². The molecule has 2 fully saturated rings. The minimum Gasteiger partial charge on any atom is -0.497 e. The van der Waals surface area contributed by atoms with E-state index in [9.17, 15) is 9.90 Å². The van der Waals surface area contributed by atoms with E-state index < -0.39 is 5.97 Å². The Balaban J connectivity index is 1.74. The van der Waals surface area contributed by atoms with E-state index in [4.69, 9.17) is 9.26 Å². The normalized spacial score (nSPS) is 22.6. The summed E-state index contributed by atoms with van der Waals surface area (Å²) in [4.78, 5) is 13.9. The summed E-state index contributed by atoms with van der Waals surface area (Å²) in [7, 11) is 1.59. The molecule has 4 rings (SSSR count). The summed E-state index contributed by atoms with van der Waals surface area (Å²) in [6, 6.07) is 7.52. The number of carboxylic acids is 1. The lowest BCUT2D eigenvalue weighted by molar-refractivity contribution is 0.0697. The Hall–Kier alpha value is -2.50. The third kappa shape index (κ3) is 2.25. The van der Waals surface area contributed by atoms with Crippen LogP contribution in [-0.2, 0) is 0 Å². The Bertz CT molecular complexity index is 738. The molecule has 2 aliphatic rings. The monoisotopic (exact) mass is 314 g/mol. The molecule has 1 aliphatic carbocycles. The van der Waals surface area contributed by atoms with Gasteiger partial charge in [0, 0.05) is 18.2 Å². The predicted octanol–water partition coefficient (Wildman–Crippen LogP) is 3.04. The van der Waals surface area contributed by atoms with E-state index in [0.717, 1.165) is 19.4 Å². The lowest BCUT2D eigenvalue weighted by Gasteiger charge is -2.26. The number of anilines is 1. The van der Waals surface area contributed by atoms with E-state index in [2.05, 4.69) is 10.1 Å². The van der Waals surface area contributed by atoms with Crippen LogP contribution in [0.2, 0.25) is 0 Å². The van der Waals surface area contributed by atoms with Gasteiger partial charge in [0.15, 0.2) is 17.1 Å². The number of hydrogen-bond donors (Lipinski definition) is 1. The molecule has 2 atom stereocenters. The van der Waals surface area contributed by atoms with Gasteiger partial charge in [0.25, 0.3) is 0 Å². The maximum atomic E-state index is 11.8. The van der Waals surface area contributed by atoms with Crippen LogP contribution in [0.15, 0.2) is 28.8 Å². The summed E-state index contributed by atoms with van der Waals surface area (Å²) in [6.07, 6.45) is 3.46. The highest BCUT2D eigenvalue weighted by molar-refractivity contribution is 5.99. The number of aromatic nitrogens is 1. The average Bonchev–Trinajstić information content (AvgIpc) is 3.29. The van der Waals surface area contributed by atoms with E-state index in [1.54, 1.807) is 31.4 Å². The molecule has 1 aliphatic heterocycles. The number of rotatable bonds is 4. The summed E-state index contributed by atoms with van der Waals surface area (Å²) in [6.45, 7) is 0.875. The highest BCUT2D eigenvalue weighted by Crippen LogP contribution is 2.42. The van der Waals surface area contributed by atoms with Crippen molar-refractivity contribution >= 4 is 11.8 Å². The first-order chi connectivity index (χ1) is 11.2. The van der Waals surface area contributed by atoms with E-state index >= 15 is 0 Å². The molecule has 0 spiro atoms. The van der Waals surface area contributed by atoms with Crippen LogP contribution in [0, 0.1) is 5.92 Å². The van der Waals surface area contributed by atoms with Gasteiger partial charge in [-0.25, -0.2) is 4.79 Å². The minimum absolute atomic E-state index is 0.155. The quantitative estimate of drug-likeness (QED) is 0.935. The zero-order chi connectivity index (χ0) is 16.0. The molecule has 1 saturated heterocycles. The van der Waals surface area contributed by atoms with Gasteiger partial charge in [-0.15, -0.1) is 0 Å². The van der Waals surface area contributed by atoms with Crippen molar-refractivity contribution in [1.82, 2.24) is 5.16 Å². The van der Waals surface area contributed by atoms with Crippen LogP contribution < -0.4 is 9.64 Å². The van der Waals surface area contributed by atoms with Gasteiger partial charge in [-0.3, -0.25) is 0 Å². The van der Waals surface area contributed by atoms with E-state index in [1.807, 2.05) is 0 Å². The van der Waals surface area contributed by atoms with Crippen LogP contribution in [0.5, 0.6) is 5.75 Å². The number of piperidine rings is 1. The minimum atomic E-state index is -1.00. The SMILES string of the molecule is COc1ccc(-c2onc(N3C[C@H]4CC[C@H]3C4)c2C(=O)O)cc1. The Morgan fingerprint density at radius 2 is 2.13 bits per heavy atom. The number of fused-ring (bicyclic) bond motifs is 2. The number of hydrogen-bond acceptors (Lipinski definition) is 5. The molecule has 2 bridgehead atoms.